The van der Waals surface area contributed by atoms with E-state index in [1.54, 1.807) is 35.0 Å². The van der Waals surface area contributed by atoms with Gasteiger partial charge in [-0.05, 0) is 53.6 Å². The number of aromatic nitrogens is 1. The van der Waals surface area contributed by atoms with Crippen LogP contribution in [0.2, 0.25) is 0 Å². The molecule has 0 aliphatic carbocycles. The highest BCUT2D eigenvalue weighted by Gasteiger charge is 2.07. The zero-order valence-corrected chi connectivity index (χ0v) is 14.6. The number of hydrogen-bond donors (Lipinski definition) is 1. The number of thiazole rings is 1. The minimum Gasteiger partial charge on any atom is -0.301 e. The molecule has 1 heterocycles. The number of hydrogen-bond acceptors (Lipinski definition) is 3. The number of nitrogens with zero attached hydrogens (tertiary/aromatic N) is 1. The van der Waals surface area contributed by atoms with Crippen LogP contribution in [0.4, 0.5) is 10.1 Å². The molecule has 0 saturated heterocycles. The number of halogens is 1. The van der Waals surface area contributed by atoms with Crippen molar-refractivity contribution in [1.82, 2.24) is 4.98 Å². The molecular formula is C19H13FN2OS2. The van der Waals surface area contributed by atoms with Crippen LogP contribution >= 0.6 is 11.3 Å². The van der Waals surface area contributed by atoms with E-state index in [0.717, 1.165) is 27.0 Å². The monoisotopic (exact) mass is 368 g/mol. The molecule has 0 spiro atoms. The van der Waals surface area contributed by atoms with Crippen LogP contribution in [-0.4, -0.2) is 9.19 Å². The van der Waals surface area contributed by atoms with Gasteiger partial charge in [0.05, 0.1) is 20.6 Å². The fraction of sp³-hybridized carbons (Fsp3) is 0. The first kappa shape index (κ1) is 15.9. The fourth-order valence-corrected chi connectivity index (χ4v) is 4.13. The third kappa shape index (κ3) is 3.45. The van der Waals surface area contributed by atoms with E-state index in [4.69, 9.17) is 0 Å². The second kappa shape index (κ2) is 6.74. The summed E-state index contributed by atoms with van der Waals surface area (Å²) in [6.07, 6.45) is 0. The summed E-state index contributed by atoms with van der Waals surface area (Å²) in [5, 5.41) is 0. The first-order valence-electron chi connectivity index (χ1n) is 7.57. The Hall–Kier alpha value is -2.57. The van der Waals surface area contributed by atoms with E-state index in [0.29, 0.717) is 4.90 Å². The van der Waals surface area contributed by atoms with Crippen LogP contribution in [-0.2, 0) is 11.0 Å². The second-order valence-corrected chi connectivity index (χ2v) is 7.54. The fourth-order valence-electron chi connectivity index (χ4n) is 2.52. The average Bonchev–Trinajstić information content (AvgIpc) is 3.10. The Labute approximate surface area is 150 Å². The van der Waals surface area contributed by atoms with Crippen molar-refractivity contribution in [2.75, 3.05) is 4.72 Å². The number of rotatable bonds is 4. The molecular weight excluding hydrogens is 355 g/mol. The van der Waals surface area contributed by atoms with E-state index in [-0.39, 0.29) is 5.82 Å². The van der Waals surface area contributed by atoms with E-state index in [1.165, 1.54) is 12.1 Å². The van der Waals surface area contributed by atoms with Crippen molar-refractivity contribution in [2.45, 2.75) is 4.90 Å². The van der Waals surface area contributed by atoms with Gasteiger partial charge in [-0.25, -0.2) is 13.6 Å². The summed E-state index contributed by atoms with van der Waals surface area (Å²) >= 11 is 1.54. The van der Waals surface area contributed by atoms with Gasteiger partial charge < -0.3 is 4.72 Å². The maximum atomic E-state index is 13.1. The summed E-state index contributed by atoms with van der Waals surface area (Å²) in [6.45, 7) is 0. The van der Waals surface area contributed by atoms with Gasteiger partial charge in [-0.3, -0.25) is 0 Å². The lowest BCUT2D eigenvalue weighted by atomic mass is 10.1. The molecule has 1 N–H and O–H groups in total. The van der Waals surface area contributed by atoms with E-state index >= 15 is 0 Å². The molecule has 25 heavy (non-hydrogen) atoms. The van der Waals surface area contributed by atoms with E-state index in [9.17, 15) is 8.60 Å². The van der Waals surface area contributed by atoms with Gasteiger partial charge in [0.25, 0.3) is 0 Å². The van der Waals surface area contributed by atoms with Crippen molar-refractivity contribution >= 4 is 38.2 Å². The van der Waals surface area contributed by atoms with Crippen LogP contribution in [0.1, 0.15) is 0 Å². The molecule has 6 heteroatoms. The lowest BCUT2D eigenvalue weighted by molar-refractivity contribution is 0.628. The predicted molar refractivity (Wildman–Crippen MR) is 101 cm³/mol. The molecule has 0 aliphatic rings. The summed E-state index contributed by atoms with van der Waals surface area (Å²) < 4.78 is 29.8. The van der Waals surface area contributed by atoms with Crippen LogP contribution in [0, 0.1) is 5.82 Å². The van der Waals surface area contributed by atoms with Crippen molar-refractivity contribution in [3.8, 4) is 11.1 Å². The van der Waals surface area contributed by atoms with Crippen LogP contribution in [0.15, 0.2) is 77.1 Å². The first-order chi connectivity index (χ1) is 12.2. The van der Waals surface area contributed by atoms with Gasteiger partial charge in [-0.1, -0.05) is 24.3 Å². The highest BCUT2D eigenvalue weighted by Crippen LogP contribution is 2.25. The summed E-state index contributed by atoms with van der Waals surface area (Å²) in [5.41, 5.74) is 5.27. The van der Waals surface area contributed by atoms with E-state index in [2.05, 4.69) is 9.71 Å². The highest BCUT2D eigenvalue weighted by atomic mass is 32.2. The predicted octanol–water partition coefficient (Wildman–Crippen LogP) is 5.24. The van der Waals surface area contributed by atoms with Gasteiger partial charge in [-0.2, -0.15) is 0 Å². The summed E-state index contributed by atoms with van der Waals surface area (Å²) in [7, 11) is -1.39. The maximum Gasteiger partial charge on any atom is 0.150 e. The molecule has 1 unspecified atom stereocenters. The molecule has 1 aromatic heterocycles. The Balaban J connectivity index is 1.59. The molecule has 4 aromatic rings. The van der Waals surface area contributed by atoms with Gasteiger partial charge in [0.15, 0.2) is 0 Å². The zero-order valence-electron chi connectivity index (χ0n) is 13.0. The molecule has 3 nitrogen and oxygen atoms in total. The van der Waals surface area contributed by atoms with Crippen molar-refractivity contribution < 1.29 is 8.60 Å². The Bertz CT molecular complexity index is 1060. The highest BCUT2D eigenvalue weighted by molar-refractivity contribution is 7.86. The van der Waals surface area contributed by atoms with E-state index in [1.807, 2.05) is 36.4 Å². The van der Waals surface area contributed by atoms with Gasteiger partial charge in [0.1, 0.15) is 16.8 Å². The Kier molecular flexibility index (Phi) is 4.29. The van der Waals surface area contributed by atoms with E-state index < -0.39 is 11.0 Å². The van der Waals surface area contributed by atoms with Crippen molar-refractivity contribution in [3.63, 3.8) is 0 Å². The van der Waals surface area contributed by atoms with Crippen LogP contribution < -0.4 is 4.72 Å². The molecule has 0 saturated carbocycles. The minimum atomic E-state index is -1.39. The Morgan fingerprint density at radius 1 is 0.960 bits per heavy atom. The summed E-state index contributed by atoms with van der Waals surface area (Å²) in [4.78, 5) is 4.90. The summed E-state index contributed by atoms with van der Waals surface area (Å²) in [5.74, 6) is -0.274. The number of nitrogens with one attached hydrogen (secondary N) is 1. The third-order valence-electron chi connectivity index (χ3n) is 3.77. The lowest BCUT2D eigenvalue weighted by Gasteiger charge is -2.08. The van der Waals surface area contributed by atoms with Crippen molar-refractivity contribution in [1.29, 1.82) is 0 Å². The number of benzene rings is 3. The van der Waals surface area contributed by atoms with Gasteiger partial charge in [-0.15, -0.1) is 11.3 Å². The Morgan fingerprint density at radius 2 is 1.80 bits per heavy atom. The molecule has 0 amide bonds. The van der Waals surface area contributed by atoms with Crippen molar-refractivity contribution in [3.05, 3.63) is 78.1 Å². The standard InChI is InChI=1S/C19H13FN2OS2/c20-15-6-4-13(5-7-15)14-2-1-3-17(10-14)25(23)22-16-8-9-18-19(11-16)24-12-21-18/h1-12,22H. The molecule has 1 atom stereocenters. The molecule has 0 fully saturated rings. The first-order valence-corrected chi connectivity index (χ1v) is 9.60. The molecule has 0 aliphatic heterocycles. The summed E-state index contributed by atoms with van der Waals surface area (Å²) in [6, 6.07) is 19.4. The largest absolute Gasteiger partial charge is 0.301 e. The SMILES string of the molecule is O=S(Nc1ccc2ncsc2c1)c1cccc(-c2ccc(F)cc2)c1. The Morgan fingerprint density at radius 3 is 2.64 bits per heavy atom. The average molecular weight is 368 g/mol. The van der Waals surface area contributed by atoms with Crippen LogP contribution in [0.5, 0.6) is 0 Å². The molecule has 3 aromatic carbocycles. The van der Waals surface area contributed by atoms with Gasteiger partial charge in [0, 0.05) is 5.69 Å². The van der Waals surface area contributed by atoms with Crippen molar-refractivity contribution in [2.24, 2.45) is 0 Å². The zero-order chi connectivity index (χ0) is 17.2. The number of fused-ring (bicyclic) bond motifs is 1. The van der Waals surface area contributed by atoms with Crippen LogP contribution in [0.3, 0.4) is 0 Å². The molecule has 0 radical (unpaired) electrons. The smallest absolute Gasteiger partial charge is 0.150 e. The normalized spacial score (nSPS) is 12.2. The lowest BCUT2D eigenvalue weighted by Crippen LogP contribution is -2.04. The molecule has 0 bridgehead atoms. The van der Waals surface area contributed by atoms with Crippen LogP contribution in [0.25, 0.3) is 21.3 Å². The van der Waals surface area contributed by atoms with Gasteiger partial charge >= 0.3 is 0 Å². The second-order valence-electron chi connectivity index (χ2n) is 5.44. The molecule has 4 rings (SSSR count). The van der Waals surface area contributed by atoms with Gasteiger partial charge in [0.2, 0.25) is 0 Å². The quantitative estimate of drug-likeness (QED) is 0.535. The molecule has 124 valence electrons. The topological polar surface area (TPSA) is 42.0 Å². The third-order valence-corrected chi connectivity index (χ3v) is 5.66. The minimum absolute atomic E-state index is 0.274. The number of anilines is 1. The maximum absolute atomic E-state index is 13.1.